The molecule has 2 aromatic rings. The Hall–Kier alpha value is -1.82. The van der Waals surface area contributed by atoms with Crippen molar-refractivity contribution in [3.8, 4) is 11.5 Å². The molecular weight excluding hydrogens is 571 g/mol. The number of likely N-dealkylation sites (N-methyl/N-ethyl adjacent to an activating group) is 1. The van der Waals surface area contributed by atoms with E-state index in [9.17, 15) is 9.59 Å². The number of rotatable bonds is 7. The predicted octanol–water partition coefficient (Wildman–Crippen LogP) is 5.19. The summed E-state index contributed by atoms with van der Waals surface area (Å²) in [6.07, 6.45) is 1.77. The van der Waals surface area contributed by atoms with Gasteiger partial charge in [-0.15, -0.1) is 0 Å². The van der Waals surface area contributed by atoms with Crippen molar-refractivity contribution >= 4 is 86.1 Å². The second-order valence-electron chi connectivity index (χ2n) is 6.35. The maximum atomic E-state index is 12.3. The van der Waals surface area contributed by atoms with Gasteiger partial charge in [-0.25, -0.2) is 0 Å². The molecule has 2 aromatic carbocycles. The largest absolute Gasteiger partial charge is 0.490 e. The molecule has 0 spiro atoms. The highest BCUT2D eigenvalue weighted by Crippen LogP contribution is 2.37. The molecule has 162 valence electrons. The summed E-state index contributed by atoms with van der Waals surface area (Å²) in [5.74, 6) is 0.490. The van der Waals surface area contributed by atoms with Crippen molar-refractivity contribution in [2.75, 3.05) is 25.6 Å². The highest BCUT2D eigenvalue weighted by atomic mass is 127. The molecule has 0 unspecified atom stereocenters. The number of carbonyl (C=O) groups excluding carboxylic acids is 2. The van der Waals surface area contributed by atoms with Crippen LogP contribution in [-0.4, -0.2) is 41.3 Å². The Bertz CT molecular complexity index is 1080. The Morgan fingerprint density at radius 3 is 2.74 bits per heavy atom. The van der Waals surface area contributed by atoms with E-state index in [1.54, 1.807) is 43.5 Å². The first kappa shape index (κ1) is 23.8. The lowest BCUT2D eigenvalue weighted by Gasteiger charge is -2.15. The first-order chi connectivity index (χ1) is 14.8. The Balaban J connectivity index is 1.77. The molecule has 0 aromatic heterocycles. The second-order valence-corrected chi connectivity index (χ2v) is 9.63. The predicted molar refractivity (Wildman–Crippen MR) is 137 cm³/mol. The van der Waals surface area contributed by atoms with Crippen molar-refractivity contribution in [1.82, 2.24) is 4.90 Å². The number of thioether (sulfide) groups is 1. The SMILES string of the molecule is CCOc1cc(/C=C2\SC(=S)N(C)C2=O)cc(I)c1OCC(=O)Nc1cccc(Cl)c1. The number of benzene rings is 2. The monoisotopic (exact) mass is 588 g/mol. The number of nitrogens with one attached hydrogen (secondary N) is 1. The standard InChI is InChI=1S/C21H18ClIN2O4S2/c1-3-28-16-8-12(9-17-20(27)25(2)21(30)31-17)7-15(23)19(16)29-11-18(26)24-14-6-4-5-13(22)10-14/h4-10H,3,11H2,1-2H3,(H,24,26)/b17-9-. The number of hydrogen-bond donors (Lipinski definition) is 1. The molecule has 10 heteroatoms. The Morgan fingerprint density at radius 2 is 2.10 bits per heavy atom. The number of anilines is 1. The van der Waals surface area contributed by atoms with E-state index >= 15 is 0 Å². The highest BCUT2D eigenvalue weighted by molar-refractivity contribution is 14.1. The Labute approximate surface area is 208 Å². The zero-order valence-corrected chi connectivity index (χ0v) is 21.2. The number of ether oxygens (including phenoxy) is 2. The first-order valence-corrected chi connectivity index (χ1v) is 11.8. The van der Waals surface area contributed by atoms with Crippen LogP contribution in [0.3, 0.4) is 0 Å². The van der Waals surface area contributed by atoms with Gasteiger partial charge in [-0.1, -0.05) is 41.6 Å². The number of amides is 2. The molecule has 31 heavy (non-hydrogen) atoms. The molecule has 1 aliphatic heterocycles. The summed E-state index contributed by atoms with van der Waals surface area (Å²) in [6.45, 7) is 2.08. The Kier molecular flexibility index (Phi) is 8.20. The van der Waals surface area contributed by atoms with Crippen LogP contribution < -0.4 is 14.8 Å². The molecule has 1 heterocycles. The normalized spacial score (nSPS) is 14.8. The van der Waals surface area contributed by atoms with Crippen LogP contribution >= 0.6 is 58.2 Å². The lowest BCUT2D eigenvalue weighted by molar-refractivity contribution is -0.121. The number of carbonyl (C=O) groups is 2. The summed E-state index contributed by atoms with van der Waals surface area (Å²) in [7, 11) is 1.65. The van der Waals surface area contributed by atoms with Gasteiger partial charge >= 0.3 is 0 Å². The summed E-state index contributed by atoms with van der Waals surface area (Å²) in [4.78, 5) is 26.5. The molecule has 1 N–H and O–H groups in total. The van der Waals surface area contributed by atoms with Crippen molar-refractivity contribution in [3.05, 3.63) is 55.5 Å². The van der Waals surface area contributed by atoms with Crippen LogP contribution in [0.25, 0.3) is 6.08 Å². The highest BCUT2D eigenvalue weighted by Gasteiger charge is 2.28. The summed E-state index contributed by atoms with van der Waals surface area (Å²) in [5.41, 5.74) is 1.36. The fourth-order valence-electron chi connectivity index (χ4n) is 2.67. The molecule has 0 bridgehead atoms. The average Bonchev–Trinajstić information content (AvgIpc) is 2.94. The van der Waals surface area contributed by atoms with Crippen LogP contribution in [0.4, 0.5) is 5.69 Å². The number of thiocarbonyl (C=S) groups is 1. The van der Waals surface area contributed by atoms with E-state index in [2.05, 4.69) is 27.9 Å². The smallest absolute Gasteiger partial charge is 0.265 e. The van der Waals surface area contributed by atoms with E-state index in [-0.39, 0.29) is 18.4 Å². The van der Waals surface area contributed by atoms with Gasteiger partial charge in [0.1, 0.15) is 4.32 Å². The van der Waals surface area contributed by atoms with Gasteiger partial charge in [0.25, 0.3) is 11.8 Å². The zero-order chi connectivity index (χ0) is 22.5. The van der Waals surface area contributed by atoms with Crippen LogP contribution in [-0.2, 0) is 9.59 Å². The van der Waals surface area contributed by atoms with E-state index in [0.29, 0.717) is 38.0 Å². The van der Waals surface area contributed by atoms with E-state index < -0.39 is 0 Å². The summed E-state index contributed by atoms with van der Waals surface area (Å²) >= 11 is 14.5. The van der Waals surface area contributed by atoms with E-state index in [0.717, 1.165) is 9.13 Å². The van der Waals surface area contributed by atoms with Gasteiger partial charge in [-0.2, -0.15) is 0 Å². The van der Waals surface area contributed by atoms with Gasteiger partial charge < -0.3 is 14.8 Å². The van der Waals surface area contributed by atoms with Crippen molar-refractivity contribution in [3.63, 3.8) is 0 Å². The number of hydrogen-bond acceptors (Lipinski definition) is 6. The Morgan fingerprint density at radius 1 is 1.32 bits per heavy atom. The molecule has 0 aliphatic carbocycles. The minimum Gasteiger partial charge on any atom is -0.490 e. The molecule has 1 fully saturated rings. The maximum Gasteiger partial charge on any atom is 0.265 e. The van der Waals surface area contributed by atoms with E-state index in [1.165, 1.54) is 16.7 Å². The minimum absolute atomic E-state index is 0.138. The van der Waals surface area contributed by atoms with Gasteiger partial charge in [-0.05, 0) is 71.5 Å². The lowest BCUT2D eigenvalue weighted by atomic mass is 10.2. The van der Waals surface area contributed by atoms with Crippen molar-refractivity contribution in [1.29, 1.82) is 0 Å². The molecule has 2 amide bonds. The van der Waals surface area contributed by atoms with Crippen LogP contribution in [0.5, 0.6) is 11.5 Å². The average molecular weight is 589 g/mol. The van der Waals surface area contributed by atoms with Gasteiger partial charge in [-0.3, -0.25) is 14.5 Å². The van der Waals surface area contributed by atoms with E-state index in [1.807, 2.05) is 13.0 Å². The summed E-state index contributed by atoms with van der Waals surface area (Å²) in [6, 6.07) is 10.5. The first-order valence-electron chi connectivity index (χ1n) is 9.14. The third-order valence-electron chi connectivity index (χ3n) is 4.07. The van der Waals surface area contributed by atoms with Crippen molar-refractivity contribution < 1.29 is 19.1 Å². The quantitative estimate of drug-likeness (QED) is 0.273. The topological polar surface area (TPSA) is 67.9 Å². The third kappa shape index (κ3) is 6.12. The molecule has 1 saturated heterocycles. The van der Waals surface area contributed by atoms with Crippen LogP contribution in [0.1, 0.15) is 12.5 Å². The molecule has 3 rings (SSSR count). The minimum atomic E-state index is -0.323. The van der Waals surface area contributed by atoms with E-state index in [4.69, 9.17) is 33.3 Å². The van der Waals surface area contributed by atoms with Gasteiger partial charge in [0.05, 0.1) is 15.1 Å². The third-order valence-corrected chi connectivity index (χ3v) is 6.59. The molecular formula is C21H18ClIN2O4S2. The zero-order valence-electron chi connectivity index (χ0n) is 16.6. The van der Waals surface area contributed by atoms with Crippen LogP contribution in [0.15, 0.2) is 41.3 Å². The molecule has 0 atom stereocenters. The molecule has 6 nitrogen and oxygen atoms in total. The van der Waals surface area contributed by atoms with Crippen molar-refractivity contribution in [2.45, 2.75) is 6.92 Å². The number of nitrogens with zero attached hydrogens (tertiary/aromatic N) is 1. The summed E-state index contributed by atoms with van der Waals surface area (Å²) < 4.78 is 12.8. The number of halogens is 2. The van der Waals surface area contributed by atoms with Crippen LogP contribution in [0, 0.1) is 3.57 Å². The van der Waals surface area contributed by atoms with Crippen LogP contribution in [0.2, 0.25) is 5.02 Å². The fourth-order valence-corrected chi connectivity index (χ4v) is 4.82. The summed E-state index contributed by atoms with van der Waals surface area (Å²) in [5, 5.41) is 3.27. The molecule has 0 saturated carbocycles. The van der Waals surface area contributed by atoms with Gasteiger partial charge in [0, 0.05) is 17.8 Å². The van der Waals surface area contributed by atoms with Crippen molar-refractivity contribution in [2.24, 2.45) is 0 Å². The lowest BCUT2D eigenvalue weighted by Crippen LogP contribution is -2.22. The fraction of sp³-hybridized carbons (Fsp3) is 0.190. The van der Waals surface area contributed by atoms with Gasteiger partial charge in [0.15, 0.2) is 18.1 Å². The maximum absolute atomic E-state index is 12.3. The van der Waals surface area contributed by atoms with Gasteiger partial charge in [0.2, 0.25) is 0 Å². The molecule has 1 aliphatic rings. The molecule has 0 radical (unpaired) electrons. The second kappa shape index (κ2) is 10.7.